The van der Waals surface area contributed by atoms with Gasteiger partial charge in [0.05, 0.1) is 4.83 Å². The zero-order chi connectivity index (χ0) is 12.7. The van der Waals surface area contributed by atoms with Crippen molar-refractivity contribution in [1.29, 1.82) is 0 Å². The number of halogens is 2. The van der Waals surface area contributed by atoms with Crippen molar-refractivity contribution in [2.24, 2.45) is 0 Å². The predicted octanol–water partition coefficient (Wildman–Crippen LogP) is 5.89. The van der Waals surface area contributed by atoms with Crippen molar-refractivity contribution in [2.75, 3.05) is 0 Å². The quantitative estimate of drug-likeness (QED) is 0.510. The van der Waals surface area contributed by atoms with Gasteiger partial charge in [-0.05, 0) is 42.6 Å². The maximum absolute atomic E-state index is 13.2. The molecule has 3 aromatic rings. The third kappa shape index (κ3) is 2.25. The van der Waals surface area contributed by atoms with Crippen molar-refractivity contribution in [3.8, 4) is 0 Å². The minimum absolute atomic E-state index is 0.172. The SMILES string of the molecule is Cc1ccc(C(Br)c2cc3ccc(F)cc3s2)s1. The minimum Gasteiger partial charge on any atom is -0.207 e. The lowest BCUT2D eigenvalue weighted by Crippen LogP contribution is -1.83. The summed E-state index contributed by atoms with van der Waals surface area (Å²) in [6.45, 7) is 2.11. The van der Waals surface area contributed by atoms with Crippen LogP contribution in [0.1, 0.15) is 19.5 Å². The van der Waals surface area contributed by atoms with E-state index in [1.54, 1.807) is 28.7 Å². The van der Waals surface area contributed by atoms with Gasteiger partial charge in [0.15, 0.2) is 0 Å². The fourth-order valence-electron chi connectivity index (χ4n) is 1.88. The van der Waals surface area contributed by atoms with Crippen molar-refractivity contribution < 1.29 is 4.39 Å². The molecule has 0 fully saturated rings. The van der Waals surface area contributed by atoms with Crippen molar-refractivity contribution in [3.63, 3.8) is 0 Å². The van der Waals surface area contributed by atoms with Crippen LogP contribution in [0.25, 0.3) is 10.1 Å². The molecule has 0 spiro atoms. The van der Waals surface area contributed by atoms with Gasteiger partial charge in [-0.3, -0.25) is 0 Å². The van der Waals surface area contributed by atoms with E-state index >= 15 is 0 Å². The van der Waals surface area contributed by atoms with Crippen molar-refractivity contribution in [1.82, 2.24) is 0 Å². The number of aryl methyl sites for hydroxylation is 1. The molecule has 0 bridgehead atoms. The van der Waals surface area contributed by atoms with E-state index in [1.807, 2.05) is 6.07 Å². The first-order valence-electron chi connectivity index (χ1n) is 5.53. The highest BCUT2D eigenvalue weighted by atomic mass is 79.9. The van der Waals surface area contributed by atoms with Crippen molar-refractivity contribution in [3.05, 3.63) is 56.8 Å². The van der Waals surface area contributed by atoms with Gasteiger partial charge in [-0.15, -0.1) is 22.7 Å². The van der Waals surface area contributed by atoms with Gasteiger partial charge in [0.25, 0.3) is 0 Å². The number of alkyl halides is 1. The van der Waals surface area contributed by atoms with Crippen LogP contribution in [-0.4, -0.2) is 0 Å². The Bertz CT molecular complexity index is 699. The molecule has 0 saturated heterocycles. The molecule has 0 aliphatic carbocycles. The molecule has 3 rings (SSSR count). The van der Waals surface area contributed by atoms with Gasteiger partial charge in [-0.2, -0.15) is 0 Å². The molecule has 0 saturated carbocycles. The summed E-state index contributed by atoms with van der Waals surface area (Å²) in [5, 5.41) is 1.11. The molecule has 1 unspecified atom stereocenters. The summed E-state index contributed by atoms with van der Waals surface area (Å²) in [6, 6.07) is 11.4. The minimum atomic E-state index is -0.172. The highest BCUT2D eigenvalue weighted by Crippen LogP contribution is 2.40. The molecule has 0 amide bonds. The molecular weight excluding hydrogens is 331 g/mol. The Balaban J connectivity index is 2.03. The van der Waals surface area contributed by atoms with Crippen LogP contribution in [0.2, 0.25) is 0 Å². The van der Waals surface area contributed by atoms with Gasteiger partial charge in [-0.1, -0.05) is 22.0 Å². The molecule has 0 radical (unpaired) electrons. The summed E-state index contributed by atoms with van der Waals surface area (Å²) in [4.78, 5) is 4.02. The molecule has 0 aliphatic heterocycles. The third-order valence-electron chi connectivity index (χ3n) is 2.76. The van der Waals surface area contributed by atoms with E-state index in [1.165, 1.54) is 20.7 Å². The third-order valence-corrected chi connectivity index (χ3v) is 6.58. The van der Waals surface area contributed by atoms with Crippen LogP contribution in [0.5, 0.6) is 0 Å². The van der Waals surface area contributed by atoms with E-state index in [2.05, 4.69) is 41.1 Å². The van der Waals surface area contributed by atoms with E-state index in [-0.39, 0.29) is 10.6 Å². The Hall–Kier alpha value is -0.710. The number of hydrogen-bond acceptors (Lipinski definition) is 2. The second-order valence-corrected chi connectivity index (χ2v) is 7.49. The molecule has 2 heterocycles. The van der Waals surface area contributed by atoms with Gasteiger partial charge in [-0.25, -0.2) is 4.39 Å². The molecule has 4 heteroatoms. The Morgan fingerprint density at radius 2 is 1.89 bits per heavy atom. The summed E-state index contributed by atoms with van der Waals surface area (Å²) < 4.78 is 14.2. The molecule has 92 valence electrons. The first-order valence-corrected chi connectivity index (χ1v) is 8.08. The topological polar surface area (TPSA) is 0 Å². The van der Waals surface area contributed by atoms with Crippen LogP contribution in [0.15, 0.2) is 36.4 Å². The van der Waals surface area contributed by atoms with Crippen LogP contribution >= 0.6 is 38.6 Å². The van der Waals surface area contributed by atoms with Crippen molar-refractivity contribution in [2.45, 2.75) is 11.8 Å². The van der Waals surface area contributed by atoms with Gasteiger partial charge < -0.3 is 0 Å². The number of fused-ring (bicyclic) bond motifs is 1. The molecule has 2 aromatic heterocycles. The smallest absolute Gasteiger partial charge is 0.124 e. The molecule has 0 N–H and O–H groups in total. The first kappa shape index (κ1) is 12.3. The predicted molar refractivity (Wildman–Crippen MR) is 81.6 cm³/mol. The van der Waals surface area contributed by atoms with E-state index in [9.17, 15) is 4.39 Å². The highest BCUT2D eigenvalue weighted by Gasteiger charge is 2.15. The van der Waals surface area contributed by atoms with Crippen LogP contribution in [0.4, 0.5) is 4.39 Å². The number of hydrogen-bond donors (Lipinski definition) is 0. The normalized spacial score (nSPS) is 13.1. The summed E-state index contributed by atoms with van der Waals surface area (Å²) >= 11 is 7.16. The van der Waals surface area contributed by atoms with Gasteiger partial charge in [0.2, 0.25) is 0 Å². The Morgan fingerprint density at radius 3 is 2.61 bits per heavy atom. The fourth-order valence-corrected chi connectivity index (χ4v) is 4.76. The Kier molecular flexibility index (Phi) is 3.26. The zero-order valence-corrected chi connectivity index (χ0v) is 12.8. The molecule has 1 atom stereocenters. The lowest BCUT2D eigenvalue weighted by Gasteiger charge is -2.03. The van der Waals surface area contributed by atoms with Crippen molar-refractivity contribution >= 4 is 48.7 Å². The largest absolute Gasteiger partial charge is 0.207 e. The van der Waals surface area contributed by atoms with Crippen LogP contribution in [-0.2, 0) is 0 Å². The maximum Gasteiger partial charge on any atom is 0.124 e. The maximum atomic E-state index is 13.2. The number of rotatable bonds is 2. The van der Waals surface area contributed by atoms with Crippen LogP contribution in [0.3, 0.4) is 0 Å². The van der Waals surface area contributed by atoms with Gasteiger partial charge in [0.1, 0.15) is 5.82 Å². The molecule has 0 nitrogen and oxygen atoms in total. The molecular formula is C14H10BrFS2. The van der Waals surface area contributed by atoms with Crippen LogP contribution < -0.4 is 0 Å². The molecule has 1 aromatic carbocycles. The summed E-state index contributed by atoms with van der Waals surface area (Å²) in [7, 11) is 0. The first-order chi connectivity index (χ1) is 8.63. The monoisotopic (exact) mass is 340 g/mol. The summed E-state index contributed by atoms with van der Waals surface area (Å²) in [5.74, 6) is -0.172. The average molecular weight is 341 g/mol. The lowest BCUT2D eigenvalue weighted by atomic mass is 10.2. The molecule has 18 heavy (non-hydrogen) atoms. The molecule has 0 aliphatic rings. The summed E-state index contributed by atoms with van der Waals surface area (Å²) in [6.07, 6.45) is 0. The lowest BCUT2D eigenvalue weighted by molar-refractivity contribution is 0.630. The van der Waals surface area contributed by atoms with Gasteiger partial charge >= 0.3 is 0 Å². The van der Waals surface area contributed by atoms with E-state index in [4.69, 9.17) is 0 Å². The fraction of sp³-hybridized carbons (Fsp3) is 0.143. The highest BCUT2D eigenvalue weighted by molar-refractivity contribution is 9.09. The van der Waals surface area contributed by atoms with Gasteiger partial charge in [0, 0.05) is 19.3 Å². The number of thiophene rings is 2. The Labute approximate surface area is 121 Å². The Morgan fingerprint density at radius 1 is 1.06 bits per heavy atom. The zero-order valence-electron chi connectivity index (χ0n) is 9.61. The number of benzene rings is 1. The van der Waals surface area contributed by atoms with Crippen LogP contribution in [0, 0.1) is 12.7 Å². The second-order valence-electron chi connectivity index (χ2n) is 4.14. The van der Waals surface area contributed by atoms with E-state index in [0.29, 0.717) is 0 Å². The second kappa shape index (κ2) is 4.76. The summed E-state index contributed by atoms with van der Waals surface area (Å²) in [5.41, 5.74) is 0. The standard InChI is InChI=1S/C14H10BrFS2/c1-8-2-5-11(17-8)14(15)13-6-9-3-4-10(16)7-12(9)18-13/h2-7,14H,1H3. The average Bonchev–Trinajstić information content (AvgIpc) is 2.93. The van der Waals surface area contributed by atoms with E-state index < -0.39 is 0 Å². The van der Waals surface area contributed by atoms with E-state index in [0.717, 1.165) is 10.1 Å².